The van der Waals surface area contributed by atoms with E-state index in [1.807, 2.05) is 0 Å². The zero-order valence-corrected chi connectivity index (χ0v) is 10.8. The van der Waals surface area contributed by atoms with Gasteiger partial charge in [0.05, 0.1) is 12.8 Å². The normalized spacial score (nSPS) is 24.1. The Bertz CT molecular complexity index is 399. The van der Waals surface area contributed by atoms with E-state index in [1.54, 1.807) is 0 Å². The number of hydrogen-bond acceptors (Lipinski definition) is 3. The lowest BCUT2D eigenvalue weighted by atomic mass is 9.84. The van der Waals surface area contributed by atoms with Crippen LogP contribution < -0.4 is 5.32 Å². The minimum Gasteiger partial charge on any atom is -0.478 e. The van der Waals surface area contributed by atoms with Gasteiger partial charge in [-0.15, -0.1) is 0 Å². The fourth-order valence-electron chi connectivity index (χ4n) is 2.75. The van der Waals surface area contributed by atoms with Crippen LogP contribution in [0.25, 0.3) is 0 Å². The second kappa shape index (κ2) is 6.05. The third kappa shape index (κ3) is 3.13. The molecule has 1 aromatic heterocycles. The van der Waals surface area contributed by atoms with E-state index >= 15 is 0 Å². The number of carbonyl (C=O) groups is 1. The van der Waals surface area contributed by atoms with Gasteiger partial charge in [-0.05, 0) is 24.8 Å². The summed E-state index contributed by atoms with van der Waals surface area (Å²) in [5.41, 5.74) is 0.269. The topological polar surface area (TPSA) is 62.5 Å². The molecule has 1 aliphatic rings. The average molecular weight is 251 g/mol. The predicted molar refractivity (Wildman–Crippen MR) is 68.5 cm³/mol. The monoisotopic (exact) mass is 251 g/mol. The molecule has 0 radical (unpaired) electrons. The molecule has 0 aromatic carbocycles. The summed E-state index contributed by atoms with van der Waals surface area (Å²) in [5, 5.41) is 12.4. The van der Waals surface area contributed by atoms with Crippen molar-refractivity contribution in [3.05, 3.63) is 23.7 Å². The van der Waals surface area contributed by atoms with E-state index in [0.29, 0.717) is 18.3 Å². The molecular formula is C14H21NO3. The van der Waals surface area contributed by atoms with Crippen molar-refractivity contribution in [1.29, 1.82) is 0 Å². The van der Waals surface area contributed by atoms with Crippen LogP contribution in [0.1, 0.15) is 55.1 Å². The smallest absolute Gasteiger partial charge is 0.339 e. The van der Waals surface area contributed by atoms with Gasteiger partial charge in [0, 0.05) is 6.04 Å². The van der Waals surface area contributed by atoms with Crippen molar-refractivity contribution in [1.82, 2.24) is 5.32 Å². The largest absolute Gasteiger partial charge is 0.478 e. The molecule has 1 fully saturated rings. The lowest BCUT2D eigenvalue weighted by Crippen LogP contribution is -2.33. The molecule has 2 rings (SSSR count). The molecule has 2 N–H and O–H groups in total. The first-order chi connectivity index (χ1) is 8.70. The van der Waals surface area contributed by atoms with Gasteiger partial charge in [0.15, 0.2) is 0 Å². The Labute approximate surface area is 107 Å². The third-order valence-electron chi connectivity index (χ3n) is 3.89. The number of carboxylic acid groups (broad SMARTS) is 1. The molecule has 0 aliphatic heterocycles. The van der Waals surface area contributed by atoms with Gasteiger partial charge in [0.25, 0.3) is 0 Å². The Balaban J connectivity index is 1.87. The van der Waals surface area contributed by atoms with Crippen LogP contribution in [0, 0.1) is 5.92 Å². The molecule has 2 atom stereocenters. The van der Waals surface area contributed by atoms with Crippen LogP contribution in [-0.4, -0.2) is 17.1 Å². The second-order valence-corrected chi connectivity index (χ2v) is 5.08. The minimum atomic E-state index is -0.921. The predicted octanol–water partition coefficient (Wildman–Crippen LogP) is 3.04. The number of furan rings is 1. The number of hydrogen-bond donors (Lipinski definition) is 2. The summed E-state index contributed by atoms with van der Waals surface area (Å²) < 4.78 is 5.23. The molecular weight excluding hydrogens is 230 g/mol. The Morgan fingerprint density at radius 3 is 3.11 bits per heavy atom. The highest BCUT2D eigenvalue weighted by molar-refractivity contribution is 5.88. The molecule has 100 valence electrons. The van der Waals surface area contributed by atoms with E-state index < -0.39 is 5.97 Å². The Hall–Kier alpha value is -1.29. The fourth-order valence-corrected chi connectivity index (χ4v) is 2.75. The van der Waals surface area contributed by atoms with Crippen molar-refractivity contribution in [2.24, 2.45) is 5.92 Å². The Morgan fingerprint density at radius 1 is 1.56 bits per heavy atom. The maximum Gasteiger partial charge on any atom is 0.339 e. The van der Waals surface area contributed by atoms with Crippen LogP contribution in [-0.2, 0) is 6.54 Å². The van der Waals surface area contributed by atoms with E-state index in [0.717, 1.165) is 5.92 Å². The molecule has 0 spiro atoms. The first-order valence-electron chi connectivity index (χ1n) is 6.73. The minimum absolute atomic E-state index is 0.269. The highest BCUT2D eigenvalue weighted by Crippen LogP contribution is 2.26. The van der Waals surface area contributed by atoms with Gasteiger partial charge >= 0.3 is 5.97 Å². The van der Waals surface area contributed by atoms with Crippen LogP contribution in [0.4, 0.5) is 0 Å². The lowest BCUT2D eigenvalue weighted by Gasteiger charge is -2.29. The van der Waals surface area contributed by atoms with Gasteiger partial charge in [-0.2, -0.15) is 0 Å². The van der Waals surface area contributed by atoms with Crippen molar-refractivity contribution in [3.63, 3.8) is 0 Å². The number of rotatable bonds is 5. The molecule has 0 bridgehead atoms. The Kier molecular flexibility index (Phi) is 4.42. The van der Waals surface area contributed by atoms with Gasteiger partial charge in [-0.25, -0.2) is 4.79 Å². The molecule has 4 heteroatoms. The third-order valence-corrected chi connectivity index (χ3v) is 3.89. The number of nitrogens with one attached hydrogen (secondary N) is 1. The number of aromatic carboxylic acids is 1. The van der Waals surface area contributed by atoms with Gasteiger partial charge in [0.2, 0.25) is 0 Å². The molecule has 0 saturated heterocycles. The van der Waals surface area contributed by atoms with Gasteiger partial charge < -0.3 is 14.8 Å². The highest BCUT2D eigenvalue weighted by Gasteiger charge is 2.21. The van der Waals surface area contributed by atoms with Crippen LogP contribution in [0.5, 0.6) is 0 Å². The standard InChI is InChI=1S/C14H21NO3/c1-2-10-4-3-5-11(8-10)15-9-13-12(14(16)17)6-7-18-13/h6-7,10-11,15H,2-5,8-9H2,1H3,(H,16,17). The van der Waals surface area contributed by atoms with Crippen LogP contribution in [0.15, 0.2) is 16.7 Å². The molecule has 1 aliphatic carbocycles. The molecule has 4 nitrogen and oxygen atoms in total. The molecule has 18 heavy (non-hydrogen) atoms. The van der Waals surface area contributed by atoms with Gasteiger partial charge in [-0.1, -0.05) is 26.2 Å². The molecule has 0 amide bonds. The molecule has 2 unspecified atom stereocenters. The van der Waals surface area contributed by atoms with Gasteiger partial charge in [-0.3, -0.25) is 0 Å². The first-order valence-corrected chi connectivity index (χ1v) is 6.73. The molecule has 1 aromatic rings. The molecule has 1 heterocycles. The summed E-state index contributed by atoms with van der Waals surface area (Å²) in [6, 6.07) is 2.00. The van der Waals surface area contributed by atoms with E-state index in [1.165, 1.54) is 44.4 Å². The fraction of sp³-hybridized carbons (Fsp3) is 0.643. The van der Waals surface area contributed by atoms with E-state index in [4.69, 9.17) is 9.52 Å². The first kappa shape index (κ1) is 13.1. The van der Waals surface area contributed by atoms with Gasteiger partial charge in [0.1, 0.15) is 11.3 Å². The molecule has 1 saturated carbocycles. The van der Waals surface area contributed by atoms with E-state index in [9.17, 15) is 4.79 Å². The maximum atomic E-state index is 10.9. The lowest BCUT2D eigenvalue weighted by molar-refractivity contribution is 0.0694. The summed E-state index contributed by atoms with van der Waals surface area (Å²) in [6.45, 7) is 2.75. The average Bonchev–Trinajstić information content (AvgIpc) is 2.85. The number of carboxylic acids is 1. The van der Waals surface area contributed by atoms with Crippen LogP contribution in [0.2, 0.25) is 0 Å². The van der Waals surface area contributed by atoms with Crippen molar-refractivity contribution in [2.45, 2.75) is 51.6 Å². The SMILES string of the molecule is CCC1CCCC(NCc2occc2C(=O)O)C1. The van der Waals surface area contributed by atoms with Crippen molar-refractivity contribution >= 4 is 5.97 Å². The summed E-state index contributed by atoms with van der Waals surface area (Å²) >= 11 is 0. The summed E-state index contributed by atoms with van der Waals surface area (Å²) in [5.74, 6) is 0.420. The van der Waals surface area contributed by atoms with E-state index in [2.05, 4.69) is 12.2 Å². The van der Waals surface area contributed by atoms with Crippen molar-refractivity contribution in [3.8, 4) is 0 Å². The van der Waals surface area contributed by atoms with Crippen molar-refractivity contribution in [2.75, 3.05) is 0 Å². The highest BCUT2D eigenvalue weighted by atomic mass is 16.4. The zero-order chi connectivity index (χ0) is 13.0. The Morgan fingerprint density at radius 2 is 2.39 bits per heavy atom. The van der Waals surface area contributed by atoms with Crippen molar-refractivity contribution < 1.29 is 14.3 Å². The van der Waals surface area contributed by atoms with Crippen LogP contribution >= 0.6 is 0 Å². The summed E-state index contributed by atoms with van der Waals surface area (Å²) in [4.78, 5) is 10.9. The second-order valence-electron chi connectivity index (χ2n) is 5.08. The van der Waals surface area contributed by atoms with E-state index in [-0.39, 0.29) is 5.56 Å². The summed E-state index contributed by atoms with van der Waals surface area (Å²) in [7, 11) is 0. The quantitative estimate of drug-likeness (QED) is 0.844. The summed E-state index contributed by atoms with van der Waals surface area (Å²) in [6.07, 6.45) is 7.64. The maximum absolute atomic E-state index is 10.9. The van der Waals surface area contributed by atoms with Crippen LogP contribution in [0.3, 0.4) is 0 Å². The zero-order valence-electron chi connectivity index (χ0n) is 10.8.